The Morgan fingerprint density at radius 1 is 1.38 bits per heavy atom. The van der Waals surface area contributed by atoms with Gasteiger partial charge in [0.15, 0.2) is 0 Å². The van der Waals surface area contributed by atoms with E-state index in [2.05, 4.69) is 29.5 Å². The molecular weight excluding hydrogens is 286 g/mol. The summed E-state index contributed by atoms with van der Waals surface area (Å²) in [6.45, 7) is 5.18. The molecule has 1 saturated carbocycles. The summed E-state index contributed by atoms with van der Waals surface area (Å²) in [4.78, 5) is 16.6. The maximum atomic E-state index is 12.4. The van der Waals surface area contributed by atoms with Crippen molar-refractivity contribution in [2.45, 2.75) is 52.0 Å². The number of anilines is 1. The van der Waals surface area contributed by atoms with Crippen LogP contribution in [0.3, 0.4) is 0 Å². The van der Waals surface area contributed by atoms with Crippen molar-refractivity contribution in [1.29, 1.82) is 0 Å². The molecule has 0 bridgehead atoms. The third-order valence-corrected chi connectivity index (χ3v) is 4.31. The molecule has 0 aromatic carbocycles. The van der Waals surface area contributed by atoms with E-state index in [1.165, 1.54) is 19.0 Å². The smallest absolute Gasteiger partial charge is 0.253 e. The Morgan fingerprint density at radius 3 is 2.76 bits per heavy atom. The van der Waals surface area contributed by atoms with Crippen LogP contribution in [-0.4, -0.2) is 23.5 Å². The zero-order valence-electron chi connectivity index (χ0n) is 12.8. The summed E-state index contributed by atoms with van der Waals surface area (Å²) in [7, 11) is 0. The van der Waals surface area contributed by atoms with Gasteiger partial charge in [0, 0.05) is 18.8 Å². The van der Waals surface area contributed by atoms with Crippen molar-refractivity contribution in [2.24, 2.45) is 5.92 Å². The van der Waals surface area contributed by atoms with Crippen LogP contribution in [0.2, 0.25) is 5.02 Å². The molecule has 0 aliphatic heterocycles. The van der Waals surface area contributed by atoms with Crippen LogP contribution in [0.4, 0.5) is 5.82 Å². The number of hydrogen-bond donors (Lipinski definition) is 2. The molecule has 1 aromatic heterocycles. The number of pyridine rings is 1. The van der Waals surface area contributed by atoms with E-state index in [9.17, 15) is 4.79 Å². The Kier molecular flexibility index (Phi) is 5.85. The van der Waals surface area contributed by atoms with Gasteiger partial charge in [0.1, 0.15) is 5.82 Å². The van der Waals surface area contributed by atoms with Gasteiger partial charge in [-0.25, -0.2) is 4.98 Å². The van der Waals surface area contributed by atoms with Crippen LogP contribution in [0, 0.1) is 5.92 Å². The Hall–Kier alpha value is -1.29. The lowest BCUT2D eigenvalue weighted by atomic mass is 9.87. The van der Waals surface area contributed by atoms with E-state index in [1.54, 1.807) is 6.07 Å². The van der Waals surface area contributed by atoms with Crippen molar-refractivity contribution in [1.82, 2.24) is 10.3 Å². The lowest BCUT2D eigenvalue weighted by Crippen LogP contribution is -2.37. The molecule has 5 heteroatoms. The minimum Gasteiger partial charge on any atom is -0.370 e. The number of carbonyl (C=O) groups is 1. The minimum absolute atomic E-state index is 0.0958. The first-order chi connectivity index (χ1) is 10.1. The van der Waals surface area contributed by atoms with E-state index in [-0.39, 0.29) is 11.9 Å². The summed E-state index contributed by atoms with van der Waals surface area (Å²) < 4.78 is 0. The molecule has 21 heavy (non-hydrogen) atoms. The number of aromatic nitrogens is 1. The fourth-order valence-corrected chi connectivity index (χ4v) is 2.82. The number of nitrogens with one attached hydrogen (secondary N) is 2. The number of halogens is 1. The van der Waals surface area contributed by atoms with Gasteiger partial charge < -0.3 is 10.6 Å². The van der Waals surface area contributed by atoms with Gasteiger partial charge in [0.05, 0.1) is 10.6 Å². The number of nitrogens with zero attached hydrogens (tertiary/aromatic N) is 1. The van der Waals surface area contributed by atoms with Crippen molar-refractivity contribution in [3.05, 3.63) is 22.8 Å². The molecule has 0 saturated heterocycles. The molecule has 1 aliphatic rings. The van der Waals surface area contributed by atoms with Crippen LogP contribution in [0.15, 0.2) is 12.3 Å². The van der Waals surface area contributed by atoms with E-state index >= 15 is 0 Å². The number of hydrogen-bond acceptors (Lipinski definition) is 3. The molecule has 116 valence electrons. The van der Waals surface area contributed by atoms with Gasteiger partial charge >= 0.3 is 0 Å². The van der Waals surface area contributed by atoms with Crippen molar-refractivity contribution in [3.63, 3.8) is 0 Å². The van der Waals surface area contributed by atoms with E-state index < -0.39 is 0 Å². The molecule has 0 radical (unpaired) electrons. The highest BCUT2D eigenvalue weighted by molar-refractivity contribution is 6.33. The lowest BCUT2D eigenvalue weighted by molar-refractivity contribution is 0.0923. The fourth-order valence-electron chi connectivity index (χ4n) is 2.63. The van der Waals surface area contributed by atoms with Gasteiger partial charge in [0.2, 0.25) is 0 Å². The SMILES string of the molecule is CCCNc1cc(C(=O)NC2CCC(C)CC2)c(Cl)cn1. The van der Waals surface area contributed by atoms with Gasteiger partial charge in [-0.3, -0.25) is 4.79 Å². The standard InChI is InChI=1S/C16H24ClN3O/c1-3-8-18-15-9-13(14(17)10-19-15)16(21)20-12-6-4-11(2)5-7-12/h9-12H,3-8H2,1-2H3,(H,18,19)(H,20,21). The maximum Gasteiger partial charge on any atom is 0.253 e. The average Bonchev–Trinajstić information content (AvgIpc) is 2.48. The fraction of sp³-hybridized carbons (Fsp3) is 0.625. The predicted octanol–water partition coefficient (Wildman–Crippen LogP) is 3.87. The van der Waals surface area contributed by atoms with Crippen molar-refractivity contribution in [2.75, 3.05) is 11.9 Å². The quantitative estimate of drug-likeness (QED) is 0.868. The molecule has 0 atom stereocenters. The topological polar surface area (TPSA) is 54.0 Å². The van der Waals surface area contributed by atoms with E-state index in [1.807, 2.05) is 0 Å². The third kappa shape index (κ3) is 4.60. The summed E-state index contributed by atoms with van der Waals surface area (Å²) in [5.74, 6) is 1.37. The van der Waals surface area contributed by atoms with Crippen LogP contribution in [-0.2, 0) is 0 Å². The second-order valence-corrected chi connectivity index (χ2v) is 6.31. The summed E-state index contributed by atoms with van der Waals surface area (Å²) in [5, 5.41) is 6.68. The maximum absolute atomic E-state index is 12.4. The first kappa shape index (κ1) is 16.1. The van der Waals surface area contributed by atoms with Crippen LogP contribution in [0.1, 0.15) is 56.3 Å². The Balaban J connectivity index is 2.00. The molecule has 4 nitrogen and oxygen atoms in total. The van der Waals surface area contributed by atoms with E-state index in [0.29, 0.717) is 16.4 Å². The Morgan fingerprint density at radius 2 is 2.10 bits per heavy atom. The molecule has 1 aromatic rings. The summed E-state index contributed by atoms with van der Waals surface area (Å²) in [5.41, 5.74) is 0.504. The summed E-state index contributed by atoms with van der Waals surface area (Å²) in [6.07, 6.45) is 7.01. The number of rotatable bonds is 5. The van der Waals surface area contributed by atoms with Gasteiger partial charge in [-0.2, -0.15) is 0 Å². The minimum atomic E-state index is -0.0958. The zero-order valence-corrected chi connectivity index (χ0v) is 13.5. The Bertz CT molecular complexity index is 484. The van der Waals surface area contributed by atoms with Gasteiger partial charge in [-0.1, -0.05) is 25.4 Å². The normalized spacial score (nSPS) is 21.9. The molecule has 1 heterocycles. The molecule has 1 amide bonds. The van der Waals surface area contributed by atoms with Crippen molar-refractivity contribution < 1.29 is 4.79 Å². The number of amides is 1. The van der Waals surface area contributed by atoms with Gasteiger partial charge in [0.25, 0.3) is 5.91 Å². The lowest BCUT2D eigenvalue weighted by Gasteiger charge is -2.27. The van der Waals surface area contributed by atoms with E-state index in [0.717, 1.165) is 31.7 Å². The monoisotopic (exact) mass is 309 g/mol. The van der Waals surface area contributed by atoms with Crippen LogP contribution in [0.25, 0.3) is 0 Å². The predicted molar refractivity (Wildman–Crippen MR) is 86.9 cm³/mol. The van der Waals surface area contributed by atoms with Crippen molar-refractivity contribution in [3.8, 4) is 0 Å². The largest absolute Gasteiger partial charge is 0.370 e. The van der Waals surface area contributed by atoms with E-state index in [4.69, 9.17) is 11.6 Å². The molecule has 1 fully saturated rings. The molecule has 2 N–H and O–H groups in total. The first-order valence-corrected chi connectivity index (χ1v) is 8.18. The highest BCUT2D eigenvalue weighted by Crippen LogP contribution is 2.24. The molecular formula is C16H24ClN3O. The van der Waals surface area contributed by atoms with Crippen LogP contribution in [0.5, 0.6) is 0 Å². The van der Waals surface area contributed by atoms with Crippen LogP contribution >= 0.6 is 11.6 Å². The van der Waals surface area contributed by atoms with Crippen LogP contribution < -0.4 is 10.6 Å². The summed E-state index contributed by atoms with van der Waals surface area (Å²) in [6, 6.07) is 2.00. The van der Waals surface area contributed by atoms with Crippen molar-refractivity contribution >= 4 is 23.3 Å². The highest BCUT2D eigenvalue weighted by atomic mass is 35.5. The van der Waals surface area contributed by atoms with Gasteiger partial charge in [-0.05, 0) is 44.1 Å². The first-order valence-electron chi connectivity index (χ1n) is 7.80. The second kappa shape index (κ2) is 7.64. The molecule has 2 rings (SSSR count). The molecule has 0 spiro atoms. The third-order valence-electron chi connectivity index (χ3n) is 4.01. The highest BCUT2D eigenvalue weighted by Gasteiger charge is 2.21. The van der Waals surface area contributed by atoms with Gasteiger partial charge in [-0.15, -0.1) is 0 Å². The second-order valence-electron chi connectivity index (χ2n) is 5.91. The molecule has 1 aliphatic carbocycles. The number of carbonyl (C=O) groups excluding carboxylic acids is 1. The summed E-state index contributed by atoms with van der Waals surface area (Å²) >= 11 is 6.11. The Labute approximate surface area is 131 Å². The zero-order chi connectivity index (χ0) is 15.2. The molecule has 0 unspecified atom stereocenters. The average molecular weight is 310 g/mol.